The Morgan fingerprint density at radius 3 is 2.19 bits per heavy atom. The quantitative estimate of drug-likeness (QED) is 0.940. The molecule has 0 fully saturated rings. The molecule has 0 radical (unpaired) electrons. The lowest BCUT2D eigenvalue weighted by Crippen LogP contribution is -2.33. The number of aliphatic imine (C=N–C) groups is 1. The summed E-state index contributed by atoms with van der Waals surface area (Å²) in [5.74, 6) is -0.182. The molecule has 1 aliphatic heterocycles. The van der Waals surface area contributed by atoms with Crippen LogP contribution in [0.4, 0.5) is 0 Å². The Morgan fingerprint density at radius 1 is 1.05 bits per heavy atom. The number of rotatable bonds is 3. The van der Waals surface area contributed by atoms with Gasteiger partial charge in [-0.2, -0.15) is 0 Å². The van der Waals surface area contributed by atoms with Gasteiger partial charge in [-0.1, -0.05) is 60.7 Å². The van der Waals surface area contributed by atoms with Gasteiger partial charge in [0.15, 0.2) is 6.04 Å². The number of nitrogens with zero attached hydrogens (tertiary/aromatic N) is 2. The molecule has 106 valence electrons. The lowest BCUT2D eigenvalue weighted by molar-refractivity contribution is -0.139. The maximum Gasteiger partial charge on any atom is 0.331 e. The van der Waals surface area contributed by atoms with E-state index in [2.05, 4.69) is 4.99 Å². The number of carbonyl (C=O) groups is 1. The molecular weight excluding hydrogens is 264 g/mol. The van der Waals surface area contributed by atoms with Gasteiger partial charge in [-0.15, -0.1) is 0 Å². The summed E-state index contributed by atoms with van der Waals surface area (Å²) in [6, 6.07) is 18.3. The largest absolute Gasteiger partial charge is 0.480 e. The smallest absolute Gasteiger partial charge is 0.331 e. The molecular formula is C17H16N2O2. The summed E-state index contributed by atoms with van der Waals surface area (Å²) >= 11 is 0. The SMILES string of the molecule is CN1C(c2ccccc2)=NC(C(=O)O)C1c1ccccc1. The van der Waals surface area contributed by atoms with Gasteiger partial charge < -0.3 is 10.0 Å². The van der Waals surface area contributed by atoms with E-state index in [0.29, 0.717) is 0 Å². The van der Waals surface area contributed by atoms with Crippen molar-refractivity contribution in [2.45, 2.75) is 12.1 Å². The number of amidine groups is 1. The molecule has 1 N–H and O–H groups in total. The van der Waals surface area contributed by atoms with Crippen molar-refractivity contribution in [3.8, 4) is 0 Å². The topological polar surface area (TPSA) is 52.9 Å². The van der Waals surface area contributed by atoms with Crippen LogP contribution in [0.5, 0.6) is 0 Å². The van der Waals surface area contributed by atoms with Crippen molar-refractivity contribution in [1.82, 2.24) is 4.90 Å². The van der Waals surface area contributed by atoms with Crippen LogP contribution in [0, 0.1) is 0 Å². The average molecular weight is 280 g/mol. The van der Waals surface area contributed by atoms with E-state index < -0.39 is 12.0 Å². The van der Waals surface area contributed by atoms with Gasteiger partial charge in [-0.05, 0) is 5.56 Å². The molecule has 0 bridgehead atoms. The number of carboxylic acid groups (broad SMARTS) is 1. The van der Waals surface area contributed by atoms with Crippen LogP contribution in [0.2, 0.25) is 0 Å². The maximum absolute atomic E-state index is 11.6. The van der Waals surface area contributed by atoms with Crippen LogP contribution < -0.4 is 0 Å². The molecule has 2 aromatic carbocycles. The minimum atomic E-state index is -0.901. The minimum absolute atomic E-state index is 0.279. The van der Waals surface area contributed by atoms with Crippen molar-refractivity contribution >= 4 is 11.8 Å². The van der Waals surface area contributed by atoms with E-state index in [4.69, 9.17) is 0 Å². The summed E-state index contributed by atoms with van der Waals surface area (Å²) < 4.78 is 0. The van der Waals surface area contributed by atoms with Crippen LogP contribution in [0.3, 0.4) is 0 Å². The van der Waals surface area contributed by atoms with Crippen molar-refractivity contribution < 1.29 is 9.90 Å². The minimum Gasteiger partial charge on any atom is -0.480 e. The number of benzene rings is 2. The summed E-state index contributed by atoms with van der Waals surface area (Å²) in [5.41, 5.74) is 1.90. The third-order valence-electron chi connectivity index (χ3n) is 3.74. The number of likely N-dealkylation sites (N-methyl/N-ethyl adjacent to an activating group) is 1. The predicted octanol–water partition coefficient (Wildman–Crippen LogP) is 2.57. The van der Waals surface area contributed by atoms with Gasteiger partial charge in [-0.3, -0.25) is 4.99 Å². The molecule has 0 aliphatic carbocycles. The summed E-state index contributed by atoms with van der Waals surface area (Å²) in [5, 5.41) is 9.49. The van der Waals surface area contributed by atoms with Gasteiger partial charge in [0.25, 0.3) is 0 Å². The highest BCUT2D eigenvalue weighted by molar-refractivity contribution is 6.02. The van der Waals surface area contributed by atoms with Crippen molar-refractivity contribution in [3.63, 3.8) is 0 Å². The molecule has 0 aromatic heterocycles. The highest BCUT2D eigenvalue weighted by Crippen LogP contribution is 2.32. The predicted molar refractivity (Wildman–Crippen MR) is 81.3 cm³/mol. The third kappa shape index (κ3) is 2.40. The monoisotopic (exact) mass is 280 g/mol. The number of hydrogen-bond donors (Lipinski definition) is 1. The second-order valence-corrected chi connectivity index (χ2v) is 5.07. The Hall–Kier alpha value is -2.62. The van der Waals surface area contributed by atoms with Crippen molar-refractivity contribution in [2.24, 2.45) is 4.99 Å². The van der Waals surface area contributed by atoms with Gasteiger partial charge in [0.1, 0.15) is 5.84 Å². The zero-order valence-corrected chi connectivity index (χ0v) is 11.7. The van der Waals surface area contributed by atoms with Crippen molar-refractivity contribution in [2.75, 3.05) is 7.05 Å². The third-order valence-corrected chi connectivity index (χ3v) is 3.74. The first-order chi connectivity index (χ1) is 10.2. The molecule has 0 saturated heterocycles. The zero-order valence-electron chi connectivity index (χ0n) is 11.7. The van der Waals surface area contributed by atoms with Crippen molar-refractivity contribution in [1.29, 1.82) is 0 Å². The average Bonchev–Trinajstić information content (AvgIpc) is 2.87. The summed E-state index contributed by atoms with van der Waals surface area (Å²) in [6.07, 6.45) is 0. The molecule has 3 rings (SSSR count). The van der Waals surface area contributed by atoms with Gasteiger partial charge in [0, 0.05) is 12.6 Å². The van der Waals surface area contributed by atoms with Crippen LogP contribution >= 0.6 is 0 Å². The second-order valence-electron chi connectivity index (χ2n) is 5.07. The summed E-state index contributed by atoms with van der Waals surface area (Å²) in [6.45, 7) is 0. The highest BCUT2D eigenvalue weighted by Gasteiger charge is 2.39. The molecule has 4 heteroatoms. The van der Waals surface area contributed by atoms with Gasteiger partial charge in [0.05, 0.1) is 6.04 Å². The lowest BCUT2D eigenvalue weighted by Gasteiger charge is -2.25. The van der Waals surface area contributed by atoms with Crippen LogP contribution in [0.25, 0.3) is 0 Å². The molecule has 0 saturated carbocycles. The Labute approximate surface area is 123 Å². The Bertz CT molecular complexity index is 668. The van der Waals surface area contributed by atoms with E-state index >= 15 is 0 Å². The van der Waals surface area contributed by atoms with Crippen LogP contribution in [-0.2, 0) is 4.79 Å². The number of hydrogen-bond acceptors (Lipinski definition) is 3. The van der Waals surface area contributed by atoms with Crippen LogP contribution in [0.1, 0.15) is 17.2 Å². The molecule has 0 spiro atoms. The molecule has 2 atom stereocenters. The molecule has 2 aromatic rings. The van der Waals surface area contributed by atoms with E-state index in [9.17, 15) is 9.90 Å². The summed E-state index contributed by atoms with van der Waals surface area (Å²) in [4.78, 5) is 18.0. The molecule has 1 aliphatic rings. The van der Waals surface area contributed by atoms with E-state index in [0.717, 1.165) is 17.0 Å². The van der Waals surface area contributed by atoms with Gasteiger partial charge >= 0.3 is 5.97 Å². The molecule has 1 heterocycles. The van der Waals surface area contributed by atoms with Crippen LogP contribution in [0.15, 0.2) is 65.7 Å². The molecule has 2 unspecified atom stereocenters. The first-order valence-corrected chi connectivity index (χ1v) is 6.82. The number of carboxylic acids is 1. The van der Waals surface area contributed by atoms with E-state index in [1.165, 1.54) is 0 Å². The highest BCUT2D eigenvalue weighted by atomic mass is 16.4. The number of aliphatic carboxylic acids is 1. The fourth-order valence-corrected chi connectivity index (χ4v) is 2.75. The molecule has 0 amide bonds. The first kappa shape index (κ1) is 13.4. The maximum atomic E-state index is 11.6. The fourth-order valence-electron chi connectivity index (χ4n) is 2.75. The first-order valence-electron chi connectivity index (χ1n) is 6.82. The van der Waals surface area contributed by atoms with E-state index in [-0.39, 0.29) is 6.04 Å². The van der Waals surface area contributed by atoms with Gasteiger partial charge in [-0.25, -0.2) is 4.79 Å². The summed E-state index contributed by atoms with van der Waals surface area (Å²) in [7, 11) is 1.90. The normalized spacial score (nSPS) is 21.2. The second kappa shape index (κ2) is 5.40. The molecule has 4 nitrogen and oxygen atoms in total. The fraction of sp³-hybridized carbons (Fsp3) is 0.176. The van der Waals surface area contributed by atoms with E-state index in [1.54, 1.807) is 0 Å². The Kier molecular flexibility index (Phi) is 3.44. The molecule has 21 heavy (non-hydrogen) atoms. The van der Waals surface area contributed by atoms with Gasteiger partial charge in [0.2, 0.25) is 0 Å². The Balaban J connectivity index is 2.02. The van der Waals surface area contributed by atoms with E-state index in [1.807, 2.05) is 72.6 Å². The standard InChI is InChI=1S/C17H16N2O2/c1-19-15(12-8-4-2-5-9-12)14(17(20)21)18-16(19)13-10-6-3-7-11-13/h2-11,14-15H,1H3,(H,20,21). The van der Waals surface area contributed by atoms with Crippen molar-refractivity contribution in [3.05, 3.63) is 71.8 Å². The Morgan fingerprint density at radius 2 is 1.62 bits per heavy atom. The zero-order chi connectivity index (χ0) is 14.8. The lowest BCUT2D eigenvalue weighted by atomic mass is 9.99. The van der Waals surface area contributed by atoms with Crippen LogP contribution in [-0.4, -0.2) is 34.9 Å².